The Kier molecular flexibility index (Phi) is 2.94. The third-order valence-corrected chi connectivity index (χ3v) is 3.72. The van der Waals surface area contributed by atoms with Crippen molar-refractivity contribution in [3.8, 4) is 11.5 Å². The Balaban J connectivity index is 1.92. The minimum Gasteiger partial charge on any atom is -0.457 e. The van der Waals surface area contributed by atoms with Gasteiger partial charge in [-0.25, -0.2) is 4.98 Å². The van der Waals surface area contributed by atoms with Gasteiger partial charge < -0.3 is 4.74 Å². The van der Waals surface area contributed by atoms with Crippen LogP contribution in [0.3, 0.4) is 0 Å². The second-order valence-corrected chi connectivity index (χ2v) is 5.59. The molecule has 0 aliphatic rings. The first kappa shape index (κ1) is 11.5. The molecule has 3 aromatic rings. The molecule has 0 unspecified atom stereocenters. The van der Waals surface area contributed by atoms with E-state index in [4.69, 9.17) is 16.3 Å². The molecule has 4 heteroatoms. The molecular weight excluding hydrogens is 266 g/mol. The van der Waals surface area contributed by atoms with Gasteiger partial charge in [-0.05, 0) is 43.3 Å². The first-order valence-electron chi connectivity index (χ1n) is 5.51. The van der Waals surface area contributed by atoms with Crippen molar-refractivity contribution in [2.45, 2.75) is 6.92 Å². The minimum atomic E-state index is 0.702. The molecule has 0 bridgehead atoms. The number of aryl methyl sites for hydroxylation is 1. The molecule has 0 amide bonds. The summed E-state index contributed by atoms with van der Waals surface area (Å²) in [6, 6.07) is 13.2. The van der Waals surface area contributed by atoms with Crippen molar-refractivity contribution in [1.29, 1.82) is 0 Å². The lowest BCUT2D eigenvalue weighted by Gasteiger charge is -2.05. The Hall–Kier alpha value is -1.58. The lowest BCUT2D eigenvalue weighted by Crippen LogP contribution is -1.83. The van der Waals surface area contributed by atoms with E-state index in [-0.39, 0.29) is 0 Å². The summed E-state index contributed by atoms with van der Waals surface area (Å²) < 4.78 is 6.93. The van der Waals surface area contributed by atoms with Gasteiger partial charge in [0.1, 0.15) is 11.5 Å². The van der Waals surface area contributed by atoms with Crippen LogP contribution in [0.2, 0.25) is 5.02 Å². The van der Waals surface area contributed by atoms with Gasteiger partial charge in [-0.15, -0.1) is 11.3 Å². The fraction of sp³-hybridized carbons (Fsp3) is 0.0714. The van der Waals surface area contributed by atoms with Crippen LogP contribution in [0.25, 0.3) is 10.2 Å². The largest absolute Gasteiger partial charge is 0.457 e. The van der Waals surface area contributed by atoms with Crippen molar-refractivity contribution in [2.24, 2.45) is 0 Å². The summed E-state index contributed by atoms with van der Waals surface area (Å²) in [6.45, 7) is 2.00. The molecule has 0 atom stereocenters. The Morgan fingerprint density at radius 2 is 1.78 bits per heavy atom. The van der Waals surface area contributed by atoms with Crippen molar-refractivity contribution >= 4 is 33.2 Å². The third kappa shape index (κ3) is 2.33. The van der Waals surface area contributed by atoms with E-state index < -0.39 is 0 Å². The first-order chi connectivity index (χ1) is 8.70. The van der Waals surface area contributed by atoms with E-state index in [9.17, 15) is 0 Å². The summed E-state index contributed by atoms with van der Waals surface area (Å²) >= 11 is 7.52. The van der Waals surface area contributed by atoms with Crippen LogP contribution in [-0.2, 0) is 0 Å². The predicted molar refractivity (Wildman–Crippen MR) is 75.9 cm³/mol. The maximum Gasteiger partial charge on any atom is 0.129 e. The number of aromatic nitrogens is 1. The van der Waals surface area contributed by atoms with Crippen molar-refractivity contribution in [1.82, 2.24) is 4.98 Å². The summed E-state index contributed by atoms with van der Waals surface area (Å²) in [7, 11) is 0. The highest BCUT2D eigenvalue weighted by atomic mass is 35.5. The fourth-order valence-corrected chi connectivity index (χ4v) is 2.66. The van der Waals surface area contributed by atoms with E-state index in [1.54, 1.807) is 11.3 Å². The van der Waals surface area contributed by atoms with Gasteiger partial charge in [0.25, 0.3) is 0 Å². The monoisotopic (exact) mass is 275 g/mol. The SMILES string of the molecule is Cc1nc2cc(Oc3ccc(Cl)cc3)ccc2s1. The number of fused-ring (bicyclic) bond motifs is 1. The summed E-state index contributed by atoms with van der Waals surface area (Å²) in [5, 5.41) is 1.77. The van der Waals surface area contributed by atoms with Crippen molar-refractivity contribution in [3.63, 3.8) is 0 Å². The predicted octanol–water partition coefficient (Wildman–Crippen LogP) is 5.05. The second-order valence-electron chi connectivity index (χ2n) is 3.92. The minimum absolute atomic E-state index is 0.702. The van der Waals surface area contributed by atoms with Crippen LogP contribution in [-0.4, -0.2) is 4.98 Å². The number of rotatable bonds is 2. The van der Waals surface area contributed by atoms with Crippen LogP contribution in [0.1, 0.15) is 5.01 Å². The van der Waals surface area contributed by atoms with Gasteiger partial charge in [0.05, 0.1) is 15.2 Å². The molecule has 90 valence electrons. The van der Waals surface area contributed by atoms with Crippen molar-refractivity contribution in [3.05, 3.63) is 52.5 Å². The summed E-state index contributed by atoms with van der Waals surface area (Å²) in [4.78, 5) is 4.45. The van der Waals surface area contributed by atoms with Gasteiger partial charge in [0, 0.05) is 11.1 Å². The molecule has 2 aromatic carbocycles. The highest BCUT2D eigenvalue weighted by Crippen LogP contribution is 2.28. The normalized spacial score (nSPS) is 10.8. The van der Waals surface area contributed by atoms with Crippen LogP contribution in [0.5, 0.6) is 11.5 Å². The highest BCUT2D eigenvalue weighted by Gasteiger charge is 2.03. The number of nitrogens with zero attached hydrogens (tertiary/aromatic N) is 1. The number of hydrogen-bond donors (Lipinski definition) is 0. The molecule has 3 rings (SSSR count). The molecule has 0 N–H and O–H groups in total. The molecule has 0 aliphatic heterocycles. The maximum atomic E-state index is 5.83. The maximum absolute atomic E-state index is 5.83. The molecule has 1 heterocycles. The van der Waals surface area contributed by atoms with E-state index in [2.05, 4.69) is 4.98 Å². The lowest BCUT2D eigenvalue weighted by atomic mass is 10.3. The van der Waals surface area contributed by atoms with E-state index in [1.165, 1.54) is 4.70 Å². The second kappa shape index (κ2) is 4.59. The van der Waals surface area contributed by atoms with Crippen LogP contribution in [0.4, 0.5) is 0 Å². The molecule has 2 nitrogen and oxygen atoms in total. The third-order valence-electron chi connectivity index (χ3n) is 2.52. The Morgan fingerprint density at radius 3 is 2.56 bits per heavy atom. The molecule has 0 fully saturated rings. The van der Waals surface area contributed by atoms with E-state index in [0.717, 1.165) is 22.0 Å². The van der Waals surface area contributed by atoms with Gasteiger partial charge in [0.15, 0.2) is 0 Å². The van der Waals surface area contributed by atoms with Crippen LogP contribution in [0, 0.1) is 6.92 Å². The average molecular weight is 276 g/mol. The quantitative estimate of drug-likeness (QED) is 0.653. The van der Waals surface area contributed by atoms with Crippen molar-refractivity contribution in [2.75, 3.05) is 0 Å². The zero-order valence-electron chi connectivity index (χ0n) is 9.68. The zero-order valence-corrected chi connectivity index (χ0v) is 11.3. The van der Waals surface area contributed by atoms with Crippen LogP contribution < -0.4 is 4.74 Å². The standard InChI is InChI=1S/C14H10ClNOS/c1-9-16-13-8-12(6-7-14(13)18-9)17-11-4-2-10(15)3-5-11/h2-8H,1H3. The molecule has 0 aliphatic carbocycles. The van der Waals surface area contributed by atoms with E-state index >= 15 is 0 Å². The van der Waals surface area contributed by atoms with E-state index in [1.807, 2.05) is 49.4 Å². The molecule has 1 aromatic heterocycles. The zero-order chi connectivity index (χ0) is 12.5. The molecule has 0 radical (unpaired) electrons. The number of ether oxygens (including phenoxy) is 1. The summed E-state index contributed by atoms with van der Waals surface area (Å²) in [5.74, 6) is 1.56. The molecule has 18 heavy (non-hydrogen) atoms. The summed E-state index contributed by atoms with van der Waals surface area (Å²) in [5.41, 5.74) is 0.976. The average Bonchev–Trinajstić information content (AvgIpc) is 2.71. The van der Waals surface area contributed by atoms with Crippen molar-refractivity contribution < 1.29 is 4.74 Å². The summed E-state index contributed by atoms with van der Waals surface area (Å²) in [6.07, 6.45) is 0. The Bertz CT molecular complexity index is 691. The van der Waals surface area contributed by atoms with Crippen LogP contribution >= 0.6 is 22.9 Å². The molecular formula is C14H10ClNOS. The molecule has 0 saturated carbocycles. The van der Waals surface area contributed by atoms with E-state index in [0.29, 0.717) is 5.02 Å². The highest BCUT2D eigenvalue weighted by molar-refractivity contribution is 7.18. The number of hydrogen-bond acceptors (Lipinski definition) is 3. The molecule has 0 spiro atoms. The number of halogens is 1. The van der Waals surface area contributed by atoms with Gasteiger partial charge >= 0.3 is 0 Å². The smallest absolute Gasteiger partial charge is 0.129 e. The van der Waals surface area contributed by atoms with Crippen LogP contribution in [0.15, 0.2) is 42.5 Å². The topological polar surface area (TPSA) is 22.1 Å². The van der Waals surface area contributed by atoms with Gasteiger partial charge in [-0.3, -0.25) is 0 Å². The fourth-order valence-electron chi connectivity index (χ4n) is 1.72. The van der Waals surface area contributed by atoms with Gasteiger partial charge in [-0.2, -0.15) is 0 Å². The Labute approximate surface area is 114 Å². The number of thiazole rings is 1. The lowest BCUT2D eigenvalue weighted by molar-refractivity contribution is 0.483. The number of benzene rings is 2. The van der Waals surface area contributed by atoms with Gasteiger partial charge in [0.2, 0.25) is 0 Å². The first-order valence-corrected chi connectivity index (χ1v) is 6.71. The van der Waals surface area contributed by atoms with Gasteiger partial charge in [-0.1, -0.05) is 11.6 Å². The molecule has 0 saturated heterocycles. The Morgan fingerprint density at radius 1 is 1.06 bits per heavy atom.